The highest BCUT2D eigenvalue weighted by Crippen LogP contribution is 2.29. The van der Waals surface area contributed by atoms with Gasteiger partial charge in [-0.25, -0.2) is 4.98 Å². The fourth-order valence-electron chi connectivity index (χ4n) is 2.64. The molecule has 1 aromatic heterocycles. The second-order valence-electron chi connectivity index (χ2n) is 5.28. The molecule has 2 aromatic rings. The van der Waals surface area contributed by atoms with Crippen LogP contribution in [0, 0.1) is 5.92 Å². The second kappa shape index (κ2) is 4.48. The van der Waals surface area contributed by atoms with Crippen LogP contribution in [0.2, 0.25) is 0 Å². The summed E-state index contributed by atoms with van der Waals surface area (Å²) in [5.41, 5.74) is 6.71. The van der Waals surface area contributed by atoms with Crippen LogP contribution in [0.15, 0.2) is 30.5 Å². The predicted octanol–water partition coefficient (Wildman–Crippen LogP) is 3.05. The van der Waals surface area contributed by atoms with Crippen molar-refractivity contribution in [1.82, 2.24) is 4.98 Å². The number of rotatable bonds is 1. The Morgan fingerprint density at radius 1 is 1.22 bits per heavy atom. The van der Waals surface area contributed by atoms with E-state index in [4.69, 9.17) is 5.73 Å². The number of nitrogens with zero attached hydrogens (tertiary/aromatic N) is 2. The summed E-state index contributed by atoms with van der Waals surface area (Å²) in [6.07, 6.45) is 4.40. The Kier molecular flexibility index (Phi) is 2.82. The number of nitrogen functional groups attached to an aromatic ring is 1. The average Bonchev–Trinajstić information content (AvgIpc) is 2.39. The number of benzene rings is 1. The van der Waals surface area contributed by atoms with Gasteiger partial charge < -0.3 is 10.6 Å². The van der Waals surface area contributed by atoms with Gasteiger partial charge in [-0.3, -0.25) is 0 Å². The molecule has 1 aliphatic heterocycles. The molecular formula is C15H19N3. The van der Waals surface area contributed by atoms with Gasteiger partial charge in [-0.2, -0.15) is 0 Å². The van der Waals surface area contributed by atoms with Gasteiger partial charge in [-0.1, -0.05) is 13.0 Å². The van der Waals surface area contributed by atoms with Crippen molar-refractivity contribution >= 4 is 22.3 Å². The number of nitrogens with two attached hydrogens (primary N) is 1. The summed E-state index contributed by atoms with van der Waals surface area (Å²) in [4.78, 5) is 6.96. The Bertz CT molecular complexity index is 557. The molecule has 0 saturated carbocycles. The number of hydrogen-bond acceptors (Lipinski definition) is 3. The minimum atomic E-state index is 0.808. The number of fused-ring (bicyclic) bond motifs is 1. The maximum atomic E-state index is 5.90. The van der Waals surface area contributed by atoms with Gasteiger partial charge in [-0.15, -0.1) is 0 Å². The molecule has 18 heavy (non-hydrogen) atoms. The summed E-state index contributed by atoms with van der Waals surface area (Å²) < 4.78 is 0. The molecule has 2 N–H and O–H groups in total. The van der Waals surface area contributed by atoms with E-state index in [2.05, 4.69) is 22.9 Å². The van der Waals surface area contributed by atoms with Crippen molar-refractivity contribution < 1.29 is 0 Å². The standard InChI is InChI=1S/C15H19N3/c1-11-5-8-18(9-6-11)15-14-10-13(16)3-2-12(14)4-7-17-15/h2-4,7,10-11H,5-6,8-9,16H2,1H3. The minimum absolute atomic E-state index is 0.808. The molecule has 3 nitrogen and oxygen atoms in total. The lowest BCUT2D eigenvalue weighted by molar-refractivity contribution is 0.437. The van der Waals surface area contributed by atoms with E-state index >= 15 is 0 Å². The van der Waals surface area contributed by atoms with Crippen LogP contribution < -0.4 is 10.6 Å². The first-order chi connectivity index (χ1) is 8.74. The smallest absolute Gasteiger partial charge is 0.136 e. The Morgan fingerprint density at radius 3 is 2.78 bits per heavy atom. The van der Waals surface area contributed by atoms with Crippen molar-refractivity contribution in [2.45, 2.75) is 19.8 Å². The Hall–Kier alpha value is -1.77. The molecule has 0 spiro atoms. The van der Waals surface area contributed by atoms with Crippen LogP contribution in [-0.4, -0.2) is 18.1 Å². The van der Waals surface area contributed by atoms with Crippen molar-refractivity contribution in [1.29, 1.82) is 0 Å². The summed E-state index contributed by atoms with van der Waals surface area (Å²) >= 11 is 0. The van der Waals surface area contributed by atoms with Crippen LogP contribution in [0.5, 0.6) is 0 Å². The van der Waals surface area contributed by atoms with Gasteiger partial charge in [0.05, 0.1) is 0 Å². The third-order valence-corrected chi connectivity index (χ3v) is 3.85. The molecule has 1 aliphatic rings. The molecule has 0 aliphatic carbocycles. The SMILES string of the molecule is CC1CCN(c2nccc3ccc(N)cc23)CC1. The first kappa shape index (κ1) is 11.3. The molecule has 2 heterocycles. The van der Waals surface area contributed by atoms with Gasteiger partial charge in [-0.05, 0) is 42.3 Å². The second-order valence-corrected chi connectivity index (χ2v) is 5.28. The van der Waals surface area contributed by atoms with Crippen LogP contribution in [0.25, 0.3) is 10.8 Å². The number of hydrogen-bond donors (Lipinski definition) is 1. The lowest BCUT2D eigenvalue weighted by Crippen LogP contribution is -2.33. The Balaban J connectivity index is 2.03. The Morgan fingerprint density at radius 2 is 2.00 bits per heavy atom. The summed E-state index contributed by atoms with van der Waals surface area (Å²) in [5.74, 6) is 1.92. The normalized spacial score (nSPS) is 17.3. The summed E-state index contributed by atoms with van der Waals surface area (Å²) in [6.45, 7) is 4.52. The largest absolute Gasteiger partial charge is 0.399 e. The Labute approximate surface area is 108 Å². The summed E-state index contributed by atoms with van der Waals surface area (Å²) in [7, 11) is 0. The van der Waals surface area contributed by atoms with Crippen LogP contribution in [-0.2, 0) is 0 Å². The number of piperidine rings is 1. The van der Waals surface area contributed by atoms with Crippen LogP contribution >= 0.6 is 0 Å². The van der Waals surface area contributed by atoms with Crippen LogP contribution in [0.3, 0.4) is 0 Å². The molecule has 0 unspecified atom stereocenters. The first-order valence-corrected chi connectivity index (χ1v) is 6.63. The van der Waals surface area contributed by atoms with Crippen LogP contribution in [0.4, 0.5) is 11.5 Å². The zero-order valence-corrected chi connectivity index (χ0v) is 10.8. The summed E-state index contributed by atoms with van der Waals surface area (Å²) in [5, 5.41) is 2.39. The van der Waals surface area contributed by atoms with Crippen LogP contribution in [0.1, 0.15) is 19.8 Å². The molecule has 1 aromatic carbocycles. The van der Waals surface area contributed by atoms with E-state index in [1.165, 1.54) is 23.6 Å². The van der Waals surface area contributed by atoms with Gasteiger partial charge in [0.2, 0.25) is 0 Å². The zero-order chi connectivity index (χ0) is 12.5. The molecule has 94 valence electrons. The maximum absolute atomic E-state index is 5.90. The highest BCUT2D eigenvalue weighted by atomic mass is 15.2. The van der Waals surface area contributed by atoms with Crippen molar-refractivity contribution in [3.63, 3.8) is 0 Å². The lowest BCUT2D eigenvalue weighted by atomic mass is 9.99. The molecule has 3 rings (SSSR count). The van der Waals surface area contributed by atoms with E-state index in [1.54, 1.807) is 0 Å². The molecule has 1 fully saturated rings. The molecule has 0 atom stereocenters. The van der Waals surface area contributed by atoms with Gasteiger partial charge in [0, 0.05) is 30.4 Å². The number of anilines is 2. The average molecular weight is 241 g/mol. The zero-order valence-electron chi connectivity index (χ0n) is 10.8. The molecule has 1 saturated heterocycles. The van der Waals surface area contributed by atoms with Crippen molar-refractivity contribution in [3.8, 4) is 0 Å². The predicted molar refractivity (Wildman–Crippen MR) is 76.8 cm³/mol. The molecular weight excluding hydrogens is 222 g/mol. The minimum Gasteiger partial charge on any atom is -0.399 e. The van der Waals surface area contributed by atoms with E-state index in [0.717, 1.165) is 30.5 Å². The van der Waals surface area contributed by atoms with Crippen molar-refractivity contribution in [2.75, 3.05) is 23.7 Å². The third kappa shape index (κ3) is 2.01. The van der Waals surface area contributed by atoms with Gasteiger partial charge in [0.25, 0.3) is 0 Å². The monoisotopic (exact) mass is 241 g/mol. The molecule has 0 radical (unpaired) electrons. The quantitative estimate of drug-likeness (QED) is 0.780. The van der Waals surface area contributed by atoms with E-state index in [9.17, 15) is 0 Å². The third-order valence-electron chi connectivity index (χ3n) is 3.85. The van der Waals surface area contributed by atoms with Gasteiger partial charge >= 0.3 is 0 Å². The lowest BCUT2D eigenvalue weighted by Gasteiger charge is -2.31. The van der Waals surface area contributed by atoms with Crippen molar-refractivity contribution in [2.24, 2.45) is 5.92 Å². The molecule has 3 heteroatoms. The van der Waals surface area contributed by atoms with Gasteiger partial charge in [0.1, 0.15) is 5.82 Å². The van der Waals surface area contributed by atoms with E-state index in [1.807, 2.05) is 24.4 Å². The van der Waals surface area contributed by atoms with Crippen molar-refractivity contribution in [3.05, 3.63) is 30.5 Å². The van der Waals surface area contributed by atoms with E-state index < -0.39 is 0 Å². The maximum Gasteiger partial charge on any atom is 0.136 e. The number of pyridine rings is 1. The van der Waals surface area contributed by atoms with E-state index in [0.29, 0.717) is 0 Å². The molecule has 0 amide bonds. The van der Waals surface area contributed by atoms with Gasteiger partial charge in [0.15, 0.2) is 0 Å². The summed E-state index contributed by atoms with van der Waals surface area (Å²) in [6, 6.07) is 8.10. The fourth-order valence-corrected chi connectivity index (χ4v) is 2.64. The topological polar surface area (TPSA) is 42.2 Å². The highest BCUT2D eigenvalue weighted by Gasteiger charge is 2.18. The first-order valence-electron chi connectivity index (χ1n) is 6.63. The highest BCUT2D eigenvalue weighted by molar-refractivity contribution is 5.94. The fraction of sp³-hybridized carbons (Fsp3) is 0.400. The molecule has 0 bridgehead atoms. The van der Waals surface area contributed by atoms with E-state index in [-0.39, 0.29) is 0 Å². The number of aromatic nitrogens is 1.